The van der Waals surface area contributed by atoms with Crippen molar-refractivity contribution in [2.24, 2.45) is 0 Å². The Kier molecular flexibility index (Phi) is 5.43. The van der Waals surface area contributed by atoms with Crippen molar-refractivity contribution in [3.63, 3.8) is 0 Å². The maximum absolute atomic E-state index is 12.7. The summed E-state index contributed by atoms with van der Waals surface area (Å²) >= 11 is 3.39. The SMILES string of the molecule is CS(=O)(=O)c1cccc(C(=O)N(CCBr)C2CCCC2)c1. The lowest BCUT2D eigenvalue weighted by molar-refractivity contribution is 0.0696. The van der Waals surface area contributed by atoms with Crippen molar-refractivity contribution in [1.82, 2.24) is 4.90 Å². The van der Waals surface area contributed by atoms with E-state index in [-0.39, 0.29) is 16.8 Å². The number of amides is 1. The number of nitrogens with zero attached hydrogens (tertiary/aromatic N) is 1. The minimum Gasteiger partial charge on any atom is -0.335 e. The zero-order valence-electron chi connectivity index (χ0n) is 12.1. The molecule has 116 valence electrons. The molecule has 0 spiro atoms. The molecule has 0 atom stereocenters. The van der Waals surface area contributed by atoms with Crippen molar-refractivity contribution >= 4 is 31.7 Å². The van der Waals surface area contributed by atoms with E-state index >= 15 is 0 Å². The molecule has 0 saturated heterocycles. The third-order valence-corrected chi connectivity index (χ3v) is 5.33. The summed E-state index contributed by atoms with van der Waals surface area (Å²) in [5.74, 6) is -0.0770. The van der Waals surface area contributed by atoms with Gasteiger partial charge in [0.2, 0.25) is 0 Å². The summed E-state index contributed by atoms with van der Waals surface area (Å²) in [6.45, 7) is 0.645. The Morgan fingerprint density at radius 3 is 2.57 bits per heavy atom. The molecule has 1 amide bonds. The average Bonchev–Trinajstić information content (AvgIpc) is 2.97. The largest absolute Gasteiger partial charge is 0.335 e. The Morgan fingerprint density at radius 2 is 2.00 bits per heavy atom. The Balaban J connectivity index is 2.28. The van der Waals surface area contributed by atoms with Crippen LogP contribution >= 0.6 is 15.9 Å². The fourth-order valence-electron chi connectivity index (χ4n) is 2.78. The summed E-state index contributed by atoms with van der Waals surface area (Å²) in [6, 6.07) is 6.60. The number of carbonyl (C=O) groups excluding carboxylic acids is 1. The van der Waals surface area contributed by atoms with Gasteiger partial charge < -0.3 is 4.90 Å². The first-order chi connectivity index (χ1) is 9.93. The number of sulfone groups is 1. The van der Waals surface area contributed by atoms with Crippen LogP contribution in [0.2, 0.25) is 0 Å². The van der Waals surface area contributed by atoms with Gasteiger partial charge in [-0.3, -0.25) is 4.79 Å². The number of hydrogen-bond acceptors (Lipinski definition) is 3. The molecule has 0 aliphatic heterocycles. The van der Waals surface area contributed by atoms with Gasteiger partial charge in [-0.15, -0.1) is 0 Å². The van der Waals surface area contributed by atoms with Crippen LogP contribution in [-0.2, 0) is 9.84 Å². The molecule has 4 nitrogen and oxygen atoms in total. The van der Waals surface area contributed by atoms with Gasteiger partial charge in [0, 0.05) is 29.7 Å². The van der Waals surface area contributed by atoms with Crippen LogP contribution in [0, 0.1) is 0 Å². The molecule has 0 unspecified atom stereocenters. The number of hydrogen-bond donors (Lipinski definition) is 0. The number of alkyl halides is 1. The van der Waals surface area contributed by atoms with E-state index < -0.39 is 9.84 Å². The molecule has 0 N–H and O–H groups in total. The minimum absolute atomic E-state index is 0.0770. The first kappa shape index (κ1) is 16.5. The molecule has 0 bridgehead atoms. The van der Waals surface area contributed by atoms with Crippen LogP contribution in [0.15, 0.2) is 29.2 Å². The normalized spacial score (nSPS) is 16.1. The zero-order chi connectivity index (χ0) is 15.5. The third kappa shape index (κ3) is 4.07. The van der Waals surface area contributed by atoms with E-state index in [0.717, 1.165) is 37.3 Å². The monoisotopic (exact) mass is 373 g/mol. The third-order valence-electron chi connectivity index (χ3n) is 3.86. The molecule has 1 aliphatic rings. The van der Waals surface area contributed by atoms with Crippen LogP contribution in [-0.4, -0.2) is 43.4 Å². The average molecular weight is 374 g/mol. The van der Waals surface area contributed by atoms with Gasteiger partial charge in [-0.2, -0.15) is 0 Å². The van der Waals surface area contributed by atoms with Crippen molar-refractivity contribution < 1.29 is 13.2 Å². The van der Waals surface area contributed by atoms with Gasteiger partial charge >= 0.3 is 0 Å². The molecule has 2 rings (SSSR count). The lowest BCUT2D eigenvalue weighted by atomic mass is 10.1. The highest BCUT2D eigenvalue weighted by atomic mass is 79.9. The van der Waals surface area contributed by atoms with Crippen LogP contribution in [0.4, 0.5) is 0 Å². The smallest absolute Gasteiger partial charge is 0.254 e. The highest BCUT2D eigenvalue weighted by Crippen LogP contribution is 2.25. The van der Waals surface area contributed by atoms with Crippen molar-refractivity contribution in [1.29, 1.82) is 0 Å². The second-order valence-electron chi connectivity index (χ2n) is 5.43. The van der Waals surface area contributed by atoms with Gasteiger partial charge in [-0.25, -0.2) is 8.42 Å². The lowest BCUT2D eigenvalue weighted by Crippen LogP contribution is -2.40. The van der Waals surface area contributed by atoms with E-state index in [1.807, 2.05) is 4.90 Å². The number of rotatable bonds is 5. The molecule has 0 aromatic heterocycles. The Labute approximate surface area is 134 Å². The molecule has 21 heavy (non-hydrogen) atoms. The molecule has 1 aliphatic carbocycles. The zero-order valence-corrected chi connectivity index (χ0v) is 14.5. The summed E-state index contributed by atoms with van der Waals surface area (Å²) in [4.78, 5) is 14.8. The van der Waals surface area contributed by atoms with E-state index in [1.54, 1.807) is 12.1 Å². The van der Waals surface area contributed by atoms with E-state index in [0.29, 0.717) is 12.1 Å². The van der Waals surface area contributed by atoms with Gasteiger partial charge in [-0.1, -0.05) is 34.8 Å². The molecule has 1 saturated carbocycles. The predicted octanol–water partition coefficient (Wildman–Crippen LogP) is 2.87. The summed E-state index contributed by atoms with van der Waals surface area (Å²) in [7, 11) is -3.30. The van der Waals surface area contributed by atoms with E-state index in [9.17, 15) is 13.2 Å². The maximum Gasteiger partial charge on any atom is 0.254 e. The molecule has 0 radical (unpaired) electrons. The van der Waals surface area contributed by atoms with Crippen LogP contribution in [0.3, 0.4) is 0 Å². The van der Waals surface area contributed by atoms with Crippen molar-refractivity contribution in [3.8, 4) is 0 Å². The molecule has 1 aromatic rings. The Bertz CT molecular complexity index is 609. The Hall–Kier alpha value is -0.880. The van der Waals surface area contributed by atoms with E-state index in [2.05, 4.69) is 15.9 Å². The lowest BCUT2D eigenvalue weighted by Gasteiger charge is -2.28. The highest BCUT2D eigenvalue weighted by molar-refractivity contribution is 9.09. The molecule has 0 heterocycles. The van der Waals surface area contributed by atoms with Crippen molar-refractivity contribution in [3.05, 3.63) is 29.8 Å². The maximum atomic E-state index is 12.7. The van der Waals surface area contributed by atoms with Gasteiger partial charge in [0.25, 0.3) is 5.91 Å². The number of benzene rings is 1. The van der Waals surface area contributed by atoms with Gasteiger partial charge in [0.1, 0.15) is 0 Å². The van der Waals surface area contributed by atoms with Gasteiger partial charge in [0.05, 0.1) is 4.90 Å². The first-order valence-corrected chi connectivity index (χ1v) is 10.1. The quantitative estimate of drug-likeness (QED) is 0.745. The summed E-state index contributed by atoms with van der Waals surface area (Å²) in [6.07, 6.45) is 5.53. The van der Waals surface area contributed by atoms with Crippen molar-refractivity contribution in [2.45, 2.75) is 36.6 Å². The van der Waals surface area contributed by atoms with Crippen LogP contribution in [0.25, 0.3) is 0 Å². The van der Waals surface area contributed by atoms with Gasteiger partial charge in [-0.05, 0) is 31.0 Å². The molecule has 1 fully saturated rings. The summed E-state index contributed by atoms with van der Waals surface area (Å²) in [5.41, 5.74) is 0.450. The number of halogens is 1. The second-order valence-corrected chi connectivity index (χ2v) is 8.23. The van der Waals surface area contributed by atoms with E-state index in [4.69, 9.17) is 0 Å². The second kappa shape index (κ2) is 6.92. The number of carbonyl (C=O) groups is 1. The molecule has 1 aromatic carbocycles. The highest BCUT2D eigenvalue weighted by Gasteiger charge is 2.27. The fraction of sp³-hybridized carbons (Fsp3) is 0.533. The molecular weight excluding hydrogens is 354 g/mol. The minimum atomic E-state index is -3.30. The van der Waals surface area contributed by atoms with Crippen LogP contribution in [0.5, 0.6) is 0 Å². The predicted molar refractivity (Wildman–Crippen MR) is 86.6 cm³/mol. The topological polar surface area (TPSA) is 54.5 Å². The van der Waals surface area contributed by atoms with Gasteiger partial charge in [0.15, 0.2) is 9.84 Å². The summed E-state index contributed by atoms with van der Waals surface area (Å²) < 4.78 is 23.3. The first-order valence-electron chi connectivity index (χ1n) is 7.10. The standard InChI is InChI=1S/C15H20BrNO3S/c1-21(19,20)14-8-4-5-12(11-14)15(18)17(10-9-16)13-6-2-3-7-13/h4-5,8,11,13H,2-3,6-7,9-10H2,1H3. The Morgan fingerprint density at radius 1 is 1.33 bits per heavy atom. The van der Waals surface area contributed by atoms with Crippen LogP contribution < -0.4 is 0 Å². The van der Waals surface area contributed by atoms with Crippen LogP contribution in [0.1, 0.15) is 36.0 Å². The summed E-state index contributed by atoms with van der Waals surface area (Å²) in [5, 5.41) is 0.723. The van der Waals surface area contributed by atoms with Crippen molar-refractivity contribution in [2.75, 3.05) is 18.1 Å². The molecule has 6 heteroatoms. The fourth-order valence-corrected chi connectivity index (χ4v) is 3.83. The molecular formula is C15H20BrNO3S. The van der Waals surface area contributed by atoms with E-state index in [1.165, 1.54) is 12.1 Å².